The van der Waals surface area contributed by atoms with Crippen molar-refractivity contribution in [2.75, 3.05) is 7.05 Å². The van der Waals surface area contributed by atoms with E-state index >= 15 is 0 Å². The molecule has 0 aliphatic carbocycles. The summed E-state index contributed by atoms with van der Waals surface area (Å²) in [5.41, 5.74) is 3.70. The predicted octanol–water partition coefficient (Wildman–Crippen LogP) is 5.43. The van der Waals surface area contributed by atoms with E-state index in [1.165, 1.54) is 24.0 Å². The van der Waals surface area contributed by atoms with E-state index in [-0.39, 0.29) is 0 Å². The summed E-state index contributed by atoms with van der Waals surface area (Å²) in [5.74, 6) is 1.18. The largest absolute Gasteiger partial charge is 0.288 e. The molecule has 0 N–H and O–H groups in total. The highest BCUT2D eigenvalue weighted by molar-refractivity contribution is 6.12. The van der Waals surface area contributed by atoms with Crippen LogP contribution >= 0.6 is 0 Å². The first-order valence-corrected chi connectivity index (χ1v) is 7.33. The summed E-state index contributed by atoms with van der Waals surface area (Å²) < 4.78 is 0. The molecule has 0 aromatic rings. The molecule has 18 heavy (non-hydrogen) atoms. The molecule has 0 rings (SSSR count). The fourth-order valence-electron chi connectivity index (χ4n) is 1.88. The van der Waals surface area contributed by atoms with Gasteiger partial charge in [0.1, 0.15) is 0 Å². The molecular weight excluding hydrogens is 218 g/mol. The second-order valence-corrected chi connectivity index (χ2v) is 5.49. The van der Waals surface area contributed by atoms with Gasteiger partial charge >= 0.3 is 0 Å². The topological polar surface area (TPSA) is 12.4 Å². The summed E-state index contributed by atoms with van der Waals surface area (Å²) in [6.45, 7) is 15.4. The summed E-state index contributed by atoms with van der Waals surface area (Å²) in [6.07, 6.45) is 7.02. The predicted molar refractivity (Wildman–Crippen MR) is 84.4 cm³/mol. The van der Waals surface area contributed by atoms with E-state index in [2.05, 4.69) is 52.3 Å². The van der Waals surface area contributed by atoms with E-state index in [0.29, 0.717) is 11.8 Å². The van der Waals surface area contributed by atoms with Crippen LogP contribution in [0.3, 0.4) is 0 Å². The van der Waals surface area contributed by atoms with Crippen LogP contribution in [0.5, 0.6) is 0 Å². The van der Waals surface area contributed by atoms with Crippen LogP contribution in [0.2, 0.25) is 0 Å². The minimum Gasteiger partial charge on any atom is -0.288 e. The minimum atomic E-state index is 0.464. The Morgan fingerprint density at radius 2 is 1.83 bits per heavy atom. The monoisotopic (exact) mass is 249 g/mol. The third-order valence-electron chi connectivity index (χ3n) is 3.47. The lowest BCUT2D eigenvalue weighted by Crippen LogP contribution is -2.13. The summed E-state index contributed by atoms with van der Waals surface area (Å²) in [5, 5.41) is 0. The van der Waals surface area contributed by atoms with Crippen LogP contribution in [0.4, 0.5) is 0 Å². The van der Waals surface area contributed by atoms with Gasteiger partial charge in [-0.1, -0.05) is 60.1 Å². The lowest BCUT2D eigenvalue weighted by Gasteiger charge is -2.18. The number of hydrogen-bond donors (Lipinski definition) is 0. The van der Waals surface area contributed by atoms with Crippen LogP contribution in [0.1, 0.15) is 60.3 Å². The minimum absolute atomic E-state index is 0.464. The van der Waals surface area contributed by atoms with Crippen LogP contribution in [0, 0.1) is 11.8 Å². The summed E-state index contributed by atoms with van der Waals surface area (Å²) >= 11 is 0. The zero-order chi connectivity index (χ0) is 14.1. The third-order valence-corrected chi connectivity index (χ3v) is 3.47. The molecular formula is C17H31N. The average molecular weight is 249 g/mol. The first-order valence-electron chi connectivity index (χ1n) is 7.33. The van der Waals surface area contributed by atoms with Crippen molar-refractivity contribution in [3.63, 3.8) is 0 Å². The molecule has 1 heteroatoms. The number of rotatable bonds is 8. The van der Waals surface area contributed by atoms with Gasteiger partial charge in [-0.05, 0) is 35.8 Å². The van der Waals surface area contributed by atoms with Gasteiger partial charge in [-0.25, -0.2) is 0 Å². The summed E-state index contributed by atoms with van der Waals surface area (Å²) in [7, 11) is 1.89. The van der Waals surface area contributed by atoms with Crippen molar-refractivity contribution < 1.29 is 0 Å². The Morgan fingerprint density at radius 1 is 1.22 bits per heavy atom. The average Bonchev–Trinajstić information content (AvgIpc) is 2.35. The maximum atomic E-state index is 4.50. The van der Waals surface area contributed by atoms with Crippen molar-refractivity contribution >= 4 is 5.71 Å². The van der Waals surface area contributed by atoms with Gasteiger partial charge in [0.25, 0.3) is 0 Å². The van der Waals surface area contributed by atoms with Crippen LogP contribution in [-0.2, 0) is 0 Å². The second-order valence-electron chi connectivity index (χ2n) is 5.49. The van der Waals surface area contributed by atoms with Crippen molar-refractivity contribution in [2.45, 2.75) is 60.3 Å². The van der Waals surface area contributed by atoms with E-state index in [4.69, 9.17) is 0 Å². The molecule has 0 bridgehead atoms. The number of nitrogens with zero attached hydrogens (tertiary/aromatic N) is 1. The fourth-order valence-corrected chi connectivity index (χ4v) is 1.88. The second kappa shape index (κ2) is 9.13. The van der Waals surface area contributed by atoms with Gasteiger partial charge < -0.3 is 0 Å². The van der Waals surface area contributed by atoms with Gasteiger partial charge in [-0.15, -0.1) is 0 Å². The SMILES string of the molecule is C=C(C(=NC)/C(=C/CCC)CC(C)CC)C(C)C. The van der Waals surface area contributed by atoms with E-state index in [1.54, 1.807) is 0 Å². The van der Waals surface area contributed by atoms with Crippen molar-refractivity contribution in [3.8, 4) is 0 Å². The molecule has 0 fully saturated rings. The highest BCUT2D eigenvalue weighted by atomic mass is 14.7. The lowest BCUT2D eigenvalue weighted by molar-refractivity contribution is 0.563. The van der Waals surface area contributed by atoms with E-state index < -0.39 is 0 Å². The standard InChI is InChI=1S/C17H31N/c1-8-10-11-16(12-14(5)9-2)17(18-7)15(6)13(3)4/h11,13-14H,6,8-10,12H2,1-5,7H3/b16-11+,18-17?. The Bertz CT molecular complexity index is 308. The zero-order valence-corrected chi connectivity index (χ0v) is 13.2. The number of unbranched alkanes of at least 4 members (excludes halogenated alkanes) is 1. The molecule has 0 aromatic carbocycles. The molecule has 0 aliphatic heterocycles. The van der Waals surface area contributed by atoms with Crippen molar-refractivity contribution in [1.82, 2.24) is 0 Å². The Labute approximate surface area is 114 Å². The third kappa shape index (κ3) is 5.66. The van der Waals surface area contributed by atoms with Crippen molar-refractivity contribution in [3.05, 3.63) is 23.8 Å². The molecule has 0 heterocycles. The van der Waals surface area contributed by atoms with Crippen molar-refractivity contribution in [1.29, 1.82) is 0 Å². The van der Waals surface area contributed by atoms with Gasteiger partial charge in [0.2, 0.25) is 0 Å². The van der Waals surface area contributed by atoms with Gasteiger partial charge in [-0.3, -0.25) is 4.99 Å². The summed E-state index contributed by atoms with van der Waals surface area (Å²) in [4.78, 5) is 4.50. The molecule has 1 atom stereocenters. The van der Waals surface area contributed by atoms with Crippen LogP contribution in [0.15, 0.2) is 28.8 Å². The first kappa shape index (κ1) is 17.2. The smallest absolute Gasteiger partial charge is 0.0628 e. The quantitative estimate of drug-likeness (QED) is 0.508. The van der Waals surface area contributed by atoms with Gasteiger partial charge in [0, 0.05) is 7.05 Å². The van der Waals surface area contributed by atoms with E-state index in [0.717, 1.165) is 18.6 Å². The Hall–Kier alpha value is -0.850. The molecule has 0 amide bonds. The summed E-state index contributed by atoms with van der Waals surface area (Å²) in [6, 6.07) is 0. The molecule has 0 spiro atoms. The molecule has 0 aromatic heterocycles. The lowest BCUT2D eigenvalue weighted by atomic mass is 9.88. The molecule has 1 nitrogen and oxygen atoms in total. The number of aliphatic imine (C=N–C) groups is 1. The molecule has 0 saturated heterocycles. The maximum Gasteiger partial charge on any atom is 0.0628 e. The van der Waals surface area contributed by atoms with E-state index in [9.17, 15) is 0 Å². The van der Waals surface area contributed by atoms with Crippen molar-refractivity contribution in [2.24, 2.45) is 16.8 Å². The van der Waals surface area contributed by atoms with Gasteiger partial charge in [0.15, 0.2) is 0 Å². The van der Waals surface area contributed by atoms with Crippen LogP contribution in [0.25, 0.3) is 0 Å². The normalized spacial score (nSPS) is 15.1. The molecule has 104 valence electrons. The van der Waals surface area contributed by atoms with Crippen LogP contribution in [-0.4, -0.2) is 12.8 Å². The Morgan fingerprint density at radius 3 is 2.22 bits per heavy atom. The highest BCUT2D eigenvalue weighted by Crippen LogP contribution is 2.23. The zero-order valence-electron chi connectivity index (χ0n) is 13.2. The Balaban J connectivity index is 5.09. The molecule has 0 saturated carbocycles. The highest BCUT2D eigenvalue weighted by Gasteiger charge is 2.15. The van der Waals surface area contributed by atoms with Crippen LogP contribution < -0.4 is 0 Å². The van der Waals surface area contributed by atoms with Gasteiger partial charge in [0.05, 0.1) is 5.71 Å². The van der Waals surface area contributed by atoms with E-state index in [1.807, 2.05) is 7.05 Å². The van der Waals surface area contributed by atoms with Gasteiger partial charge in [-0.2, -0.15) is 0 Å². The molecule has 1 unspecified atom stereocenters. The first-order chi connectivity index (χ1) is 8.47. The maximum absolute atomic E-state index is 4.50. The molecule has 0 radical (unpaired) electrons. The Kier molecular flexibility index (Phi) is 8.70. The number of allylic oxidation sites excluding steroid dienone is 3. The fraction of sp³-hybridized carbons (Fsp3) is 0.706. The number of hydrogen-bond acceptors (Lipinski definition) is 1. The molecule has 0 aliphatic rings.